The minimum Gasteiger partial charge on any atom is -0.345 e. The number of carbonyl (C=O) groups is 3. The van der Waals surface area contributed by atoms with E-state index in [2.05, 4.69) is 10.6 Å². The number of rotatable bonds is 5. The van der Waals surface area contributed by atoms with Crippen LogP contribution in [0.25, 0.3) is 0 Å². The van der Waals surface area contributed by atoms with Crippen molar-refractivity contribution in [1.82, 2.24) is 15.1 Å². The zero-order valence-electron chi connectivity index (χ0n) is 15.7. The van der Waals surface area contributed by atoms with E-state index in [0.717, 1.165) is 23.4 Å². The van der Waals surface area contributed by atoms with E-state index in [1.54, 1.807) is 16.7 Å². The molecule has 1 aromatic carbocycles. The van der Waals surface area contributed by atoms with Gasteiger partial charge in [0.15, 0.2) is 0 Å². The van der Waals surface area contributed by atoms with Crippen molar-refractivity contribution in [3.8, 4) is 0 Å². The molecule has 1 saturated heterocycles. The summed E-state index contributed by atoms with van der Waals surface area (Å²) in [4.78, 5) is 41.4. The number of amides is 3. The van der Waals surface area contributed by atoms with Gasteiger partial charge in [-0.2, -0.15) is 0 Å². The molecule has 1 heterocycles. The van der Waals surface area contributed by atoms with Crippen LogP contribution < -0.4 is 10.6 Å². The predicted molar refractivity (Wildman–Crippen MR) is 106 cm³/mol. The SMILES string of the molecule is CSc1ccccc1NC(=O)C(C)N1CCN(C(=O)C(=O)NC2CC2)CC1. The van der Waals surface area contributed by atoms with E-state index in [-0.39, 0.29) is 18.0 Å². The summed E-state index contributed by atoms with van der Waals surface area (Å²) in [5.41, 5.74) is 0.812. The molecular weight excluding hydrogens is 364 g/mol. The second-order valence-corrected chi connectivity index (χ2v) is 7.79. The zero-order valence-corrected chi connectivity index (χ0v) is 16.6. The lowest BCUT2D eigenvalue weighted by Crippen LogP contribution is -2.56. The van der Waals surface area contributed by atoms with Crippen LogP contribution in [0.15, 0.2) is 29.2 Å². The molecule has 146 valence electrons. The number of anilines is 1. The van der Waals surface area contributed by atoms with Crippen LogP contribution >= 0.6 is 11.8 Å². The quantitative estimate of drug-likeness (QED) is 0.582. The van der Waals surface area contributed by atoms with Gasteiger partial charge in [-0.3, -0.25) is 19.3 Å². The van der Waals surface area contributed by atoms with Crippen molar-refractivity contribution in [2.24, 2.45) is 0 Å². The Labute approximate surface area is 163 Å². The molecule has 1 aliphatic carbocycles. The maximum atomic E-state index is 12.6. The first-order chi connectivity index (χ1) is 13.0. The average molecular weight is 391 g/mol. The Balaban J connectivity index is 1.50. The number of nitrogens with zero attached hydrogens (tertiary/aromatic N) is 2. The Hall–Kier alpha value is -2.06. The molecule has 0 radical (unpaired) electrons. The van der Waals surface area contributed by atoms with E-state index >= 15 is 0 Å². The first kappa shape index (κ1) is 19.7. The number of nitrogens with one attached hydrogen (secondary N) is 2. The third kappa shape index (κ3) is 5.01. The molecule has 0 bridgehead atoms. The van der Waals surface area contributed by atoms with E-state index < -0.39 is 11.8 Å². The fourth-order valence-electron chi connectivity index (χ4n) is 3.08. The monoisotopic (exact) mass is 390 g/mol. The van der Waals surface area contributed by atoms with Crippen molar-refractivity contribution in [3.63, 3.8) is 0 Å². The van der Waals surface area contributed by atoms with Gasteiger partial charge in [0.2, 0.25) is 5.91 Å². The smallest absolute Gasteiger partial charge is 0.311 e. The summed E-state index contributed by atoms with van der Waals surface area (Å²) in [6.07, 6.45) is 3.89. The van der Waals surface area contributed by atoms with Crippen LogP contribution in [0.4, 0.5) is 5.69 Å². The normalized spacial score (nSPS) is 18.7. The van der Waals surface area contributed by atoms with Crippen LogP contribution in [0.3, 0.4) is 0 Å². The number of thioether (sulfide) groups is 1. The molecule has 2 N–H and O–H groups in total. The fraction of sp³-hybridized carbons (Fsp3) is 0.526. The summed E-state index contributed by atoms with van der Waals surface area (Å²) in [5.74, 6) is -1.04. The van der Waals surface area contributed by atoms with Gasteiger partial charge >= 0.3 is 11.8 Å². The van der Waals surface area contributed by atoms with Crippen molar-refractivity contribution in [2.45, 2.75) is 36.7 Å². The highest BCUT2D eigenvalue weighted by Gasteiger charge is 2.32. The molecule has 1 aromatic rings. The van der Waals surface area contributed by atoms with Gasteiger partial charge in [-0.15, -0.1) is 11.8 Å². The van der Waals surface area contributed by atoms with Crippen molar-refractivity contribution in [2.75, 3.05) is 37.8 Å². The number of benzene rings is 1. The van der Waals surface area contributed by atoms with Crippen molar-refractivity contribution in [3.05, 3.63) is 24.3 Å². The summed E-state index contributed by atoms with van der Waals surface area (Å²) < 4.78 is 0. The number of hydrogen-bond donors (Lipinski definition) is 2. The molecule has 1 aliphatic heterocycles. The van der Waals surface area contributed by atoms with Gasteiger partial charge in [0.05, 0.1) is 11.7 Å². The highest BCUT2D eigenvalue weighted by molar-refractivity contribution is 7.98. The number of carbonyl (C=O) groups excluding carboxylic acids is 3. The maximum Gasteiger partial charge on any atom is 0.311 e. The van der Waals surface area contributed by atoms with Crippen LogP contribution in [0.5, 0.6) is 0 Å². The molecule has 8 heteroatoms. The van der Waals surface area contributed by atoms with Crippen LogP contribution in [0.1, 0.15) is 19.8 Å². The Kier molecular flexibility index (Phi) is 6.38. The number of piperazine rings is 1. The van der Waals surface area contributed by atoms with Crippen LogP contribution in [-0.4, -0.2) is 72.0 Å². The first-order valence-corrected chi connectivity index (χ1v) is 10.5. The maximum absolute atomic E-state index is 12.6. The molecule has 2 aliphatic rings. The Morgan fingerprint density at radius 2 is 1.78 bits per heavy atom. The lowest BCUT2D eigenvalue weighted by molar-refractivity contribution is -0.147. The Morgan fingerprint density at radius 1 is 1.11 bits per heavy atom. The highest BCUT2D eigenvalue weighted by atomic mass is 32.2. The number of hydrogen-bond acceptors (Lipinski definition) is 5. The number of para-hydroxylation sites is 1. The second-order valence-electron chi connectivity index (χ2n) is 6.94. The second kappa shape index (κ2) is 8.75. The van der Waals surface area contributed by atoms with Gasteiger partial charge in [0, 0.05) is 37.1 Å². The fourth-order valence-corrected chi connectivity index (χ4v) is 3.64. The van der Waals surface area contributed by atoms with Crippen LogP contribution in [-0.2, 0) is 14.4 Å². The van der Waals surface area contributed by atoms with Gasteiger partial charge < -0.3 is 15.5 Å². The highest BCUT2D eigenvalue weighted by Crippen LogP contribution is 2.25. The topological polar surface area (TPSA) is 81.8 Å². The van der Waals surface area contributed by atoms with Crippen molar-refractivity contribution < 1.29 is 14.4 Å². The molecule has 3 rings (SSSR count). The standard InChI is InChI=1S/C19H26N4O3S/c1-13(17(24)21-15-5-3-4-6-16(15)27-2)22-9-11-23(12-10-22)19(26)18(25)20-14-7-8-14/h3-6,13-14H,7-12H2,1-2H3,(H,20,25)(H,21,24). The van der Waals surface area contributed by atoms with E-state index in [1.165, 1.54) is 0 Å². The average Bonchev–Trinajstić information content (AvgIpc) is 3.51. The molecule has 7 nitrogen and oxygen atoms in total. The Morgan fingerprint density at radius 3 is 2.41 bits per heavy atom. The van der Waals surface area contributed by atoms with Crippen molar-refractivity contribution >= 4 is 35.2 Å². The summed E-state index contributed by atoms with van der Waals surface area (Å²) in [5, 5.41) is 5.72. The molecule has 0 spiro atoms. The largest absolute Gasteiger partial charge is 0.345 e. The molecule has 27 heavy (non-hydrogen) atoms. The summed E-state index contributed by atoms with van der Waals surface area (Å²) in [7, 11) is 0. The lowest BCUT2D eigenvalue weighted by atomic mass is 10.2. The molecule has 2 fully saturated rings. The van der Waals surface area contributed by atoms with E-state index in [0.29, 0.717) is 26.2 Å². The first-order valence-electron chi connectivity index (χ1n) is 9.27. The van der Waals surface area contributed by atoms with E-state index in [4.69, 9.17) is 0 Å². The summed E-state index contributed by atoms with van der Waals surface area (Å²) in [6, 6.07) is 7.58. The summed E-state index contributed by atoms with van der Waals surface area (Å²) >= 11 is 1.59. The predicted octanol–water partition coefficient (Wildman–Crippen LogP) is 1.16. The molecule has 1 unspecified atom stereocenters. The lowest BCUT2D eigenvalue weighted by Gasteiger charge is -2.37. The third-order valence-corrected chi connectivity index (χ3v) is 5.80. The van der Waals surface area contributed by atoms with Gasteiger partial charge in [-0.05, 0) is 38.2 Å². The third-order valence-electron chi connectivity index (χ3n) is 5.00. The minimum absolute atomic E-state index is 0.0669. The van der Waals surface area contributed by atoms with Crippen LogP contribution in [0, 0.1) is 0 Å². The molecule has 1 saturated carbocycles. The minimum atomic E-state index is -0.509. The van der Waals surface area contributed by atoms with E-state index in [1.807, 2.05) is 42.3 Å². The van der Waals surface area contributed by atoms with Crippen LogP contribution in [0.2, 0.25) is 0 Å². The van der Waals surface area contributed by atoms with Gasteiger partial charge in [0.1, 0.15) is 0 Å². The van der Waals surface area contributed by atoms with Gasteiger partial charge in [-0.1, -0.05) is 12.1 Å². The van der Waals surface area contributed by atoms with Gasteiger partial charge in [0.25, 0.3) is 0 Å². The summed E-state index contributed by atoms with van der Waals surface area (Å²) in [6.45, 7) is 3.92. The molecule has 0 aromatic heterocycles. The zero-order chi connectivity index (χ0) is 19.4. The molecule has 1 atom stereocenters. The van der Waals surface area contributed by atoms with Crippen molar-refractivity contribution in [1.29, 1.82) is 0 Å². The van der Waals surface area contributed by atoms with Gasteiger partial charge in [-0.25, -0.2) is 0 Å². The van der Waals surface area contributed by atoms with E-state index in [9.17, 15) is 14.4 Å². The molecule has 3 amide bonds. The Bertz CT molecular complexity index is 715. The molecular formula is C19H26N4O3S.